The fourth-order valence-electron chi connectivity index (χ4n) is 1.98. The summed E-state index contributed by atoms with van der Waals surface area (Å²) in [6.07, 6.45) is 2.25. The van der Waals surface area contributed by atoms with E-state index in [0.717, 1.165) is 23.4 Å². The Morgan fingerprint density at radius 2 is 2.17 bits per heavy atom. The molecule has 1 aromatic carbocycles. The van der Waals surface area contributed by atoms with Gasteiger partial charge in [-0.1, -0.05) is 23.7 Å². The largest absolute Gasteiger partial charge is 0.348 e. The second kappa shape index (κ2) is 5.72. The minimum absolute atomic E-state index is 0.0698. The Labute approximate surface area is 113 Å². The molecule has 1 fully saturated rings. The lowest BCUT2D eigenvalue weighted by atomic mass is 10.1. The molecule has 0 radical (unpaired) electrons. The quantitative estimate of drug-likeness (QED) is 0.837. The summed E-state index contributed by atoms with van der Waals surface area (Å²) in [7, 11) is 0. The van der Waals surface area contributed by atoms with Crippen LogP contribution in [0.2, 0.25) is 5.02 Å². The summed E-state index contributed by atoms with van der Waals surface area (Å²) in [6, 6.07) is 8.38. The van der Waals surface area contributed by atoms with Crippen molar-refractivity contribution >= 4 is 17.5 Å². The lowest BCUT2D eigenvalue weighted by Gasteiger charge is -2.16. The molecule has 3 N–H and O–H groups in total. The second-order valence-corrected chi connectivity index (χ2v) is 5.54. The number of nitrogens with one attached hydrogen (secondary N) is 1. The first kappa shape index (κ1) is 13.4. The van der Waals surface area contributed by atoms with E-state index in [4.69, 9.17) is 11.6 Å². The smallest absolute Gasteiger partial charge is 0.278 e. The molecule has 2 atom stereocenters. The van der Waals surface area contributed by atoms with Gasteiger partial charge < -0.3 is 10.6 Å². The maximum Gasteiger partial charge on any atom is 0.278 e. The first-order valence-electron chi connectivity index (χ1n) is 6.47. The minimum atomic E-state index is -0.0698. The molecular weight excluding hydrogens is 248 g/mol. The van der Waals surface area contributed by atoms with E-state index in [-0.39, 0.29) is 18.0 Å². The van der Waals surface area contributed by atoms with Crippen molar-refractivity contribution in [1.29, 1.82) is 0 Å². The third kappa shape index (κ3) is 3.72. The van der Waals surface area contributed by atoms with Gasteiger partial charge in [0.15, 0.2) is 6.04 Å². The highest BCUT2D eigenvalue weighted by Gasteiger charge is 2.27. The third-order valence-electron chi connectivity index (χ3n) is 3.29. The van der Waals surface area contributed by atoms with Crippen LogP contribution in [0, 0.1) is 0 Å². The summed E-state index contributed by atoms with van der Waals surface area (Å²) < 4.78 is 0. The number of rotatable bonds is 5. The van der Waals surface area contributed by atoms with Gasteiger partial charge in [-0.3, -0.25) is 4.79 Å². The van der Waals surface area contributed by atoms with Crippen LogP contribution in [0.25, 0.3) is 0 Å². The van der Waals surface area contributed by atoms with E-state index >= 15 is 0 Å². The van der Waals surface area contributed by atoms with Crippen molar-refractivity contribution in [2.75, 3.05) is 0 Å². The Hall–Kier alpha value is -1.06. The van der Waals surface area contributed by atoms with Gasteiger partial charge in [0.2, 0.25) is 0 Å². The average molecular weight is 268 g/mol. The fraction of sp³-hybridized carbons (Fsp3) is 0.500. The molecule has 1 aliphatic carbocycles. The standard InChI is InChI=1S/C14H19ClN2O/c1-9(11-4-3-5-12(15)8-11)16-10(2)14(18)17-13-6-7-13/h3-5,8-10,13,16H,6-7H2,1-2H3,(H,17,18)/p+1/t9-,10+/m0/s1. The number of halogens is 1. The number of carbonyl (C=O) groups is 1. The highest BCUT2D eigenvalue weighted by Crippen LogP contribution is 2.18. The molecule has 1 aromatic rings. The van der Waals surface area contributed by atoms with Crippen LogP contribution in [0.1, 0.15) is 38.3 Å². The SMILES string of the molecule is C[C@H]([NH2+][C@H](C)C(=O)NC1CC1)c1cccc(Cl)c1. The lowest BCUT2D eigenvalue weighted by molar-refractivity contribution is -0.710. The molecule has 0 unspecified atom stereocenters. The maximum absolute atomic E-state index is 11.9. The third-order valence-corrected chi connectivity index (χ3v) is 3.52. The van der Waals surface area contributed by atoms with E-state index in [9.17, 15) is 4.79 Å². The van der Waals surface area contributed by atoms with Crippen LogP contribution in [0.5, 0.6) is 0 Å². The van der Waals surface area contributed by atoms with Crippen molar-refractivity contribution in [2.24, 2.45) is 0 Å². The van der Waals surface area contributed by atoms with Crippen molar-refractivity contribution < 1.29 is 10.1 Å². The number of benzene rings is 1. The van der Waals surface area contributed by atoms with E-state index in [1.165, 1.54) is 0 Å². The second-order valence-electron chi connectivity index (χ2n) is 5.11. The predicted molar refractivity (Wildman–Crippen MR) is 72.4 cm³/mol. The number of quaternary nitrogens is 1. The molecule has 1 saturated carbocycles. The molecule has 0 aromatic heterocycles. The van der Waals surface area contributed by atoms with Crippen molar-refractivity contribution in [3.63, 3.8) is 0 Å². The molecule has 3 nitrogen and oxygen atoms in total. The Morgan fingerprint density at radius 3 is 2.78 bits per heavy atom. The van der Waals surface area contributed by atoms with Crippen LogP contribution in [0.15, 0.2) is 24.3 Å². The van der Waals surface area contributed by atoms with Crippen LogP contribution in [0.4, 0.5) is 0 Å². The molecule has 4 heteroatoms. The lowest BCUT2D eigenvalue weighted by Crippen LogP contribution is -2.92. The first-order valence-corrected chi connectivity index (χ1v) is 6.85. The summed E-state index contributed by atoms with van der Waals surface area (Å²) in [5.41, 5.74) is 1.15. The summed E-state index contributed by atoms with van der Waals surface area (Å²) in [5.74, 6) is 0.131. The van der Waals surface area contributed by atoms with Crippen LogP contribution in [-0.4, -0.2) is 18.0 Å². The van der Waals surface area contributed by atoms with E-state index in [1.54, 1.807) is 0 Å². The number of hydrogen-bond donors (Lipinski definition) is 2. The van der Waals surface area contributed by atoms with Crippen molar-refractivity contribution in [3.05, 3.63) is 34.9 Å². The highest BCUT2D eigenvalue weighted by molar-refractivity contribution is 6.30. The van der Waals surface area contributed by atoms with Gasteiger partial charge in [-0.05, 0) is 38.8 Å². The van der Waals surface area contributed by atoms with Gasteiger partial charge >= 0.3 is 0 Å². The summed E-state index contributed by atoms with van der Waals surface area (Å²) in [5, 5.41) is 5.84. The van der Waals surface area contributed by atoms with Gasteiger partial charge in [-0.2, -0.15) is 0 Å². The van der Waals surface area contributed by atoms with Crippen molar-refractivity contribution in [1.82, 2.24) is 5.32 Å². The Bertz CT molecular complexity index is 432. The molecule has 0 bridgehead atoms. The van der Waals surface area contributed by atoms with Crippen LogP contribution >= 0.6 is 11.6 Å². The van der Waals surface area contributed by atoms with Gasteiger partial charge in [-0.15, -0.1) is 0 Å². The van der Waals surface area contributed by atoms with Gasteiger partial charge in [-0.25, -0.2) is 0 Å². The van der Waals surface area contributed by atoms with E-state index < -0.39 is 0 Å². The van der Waals surface area contributed by atoms with E-state index in [1.807, 2.05) is 31.2 Å². The minimum Gasteiger partial charge on any atom is -0.348 e. The molecule has 0 spiro atoms. The van der Waals surface area contributed by atoms with Crippen LogP contribution in [-0.2, 0) is 4.79 Å². The monoisotopic (exact) mass is 267 g/mol. The molecule has 2 rings (SSSR count). The highest BCUT2D eigenvalue weighted by atomic mass is 35.5. The molecule has 1 amide bonds. The van der Waals surface area contributed by atoms with Crippen LogP contribution in [0.3, 0.4) is 0 Å². The molecular formula is C14H20ClN2O+. The molecule has 1 aliphatic rings. The molecule has 0 saturated heterocycles. The molecule has 18 heavy (non-hydrogen) atoms. The number of hydrogen-bond acceptors (Lipinski definition) is 1. The van der Waals surface area contributed by atoms with Gasteiger partial charge in [0, 0.05) is 16.6 Å². The Kier molecular flexibility index (Phi) is 4.25. The molecule has 0 aliphatic heterocycles. The normalized spacial score (nSPS) is 18.2. The number of amides is 1. The molecule has 98 valence electrons. The molecule has 0 heterocycles. The topological polar surface area (TPSA) is 45.7 Å². The van der Waals surface area contributed by atoms with Crippen molar-refractivity contribution in [3.8, 4) is 0 Å². The fourth-order valence-corrected chi connectivity index (χ4v) is 2.18. The number of nitrogens with two attached hydrogens (primary N) is 1. The van der Waals surface area contributed by atoms with Gasteiger partial charge in [0.25, 0.3) is 5.91 Å². The zero-order chi connectivity index (χ0) is 13.1. The summed E-state index contributed by atoms with van der Waals surface area (Å²) in [6.45, 7) is 4.03. The van der Waals surface area contributed by atoms with Gasteiger partial charge in [0.05, 0.1) is 0 Å². The zero-order valence-electron chi connectivity index (χ0n) is 10.8. The first-order chi connectivity index (χ1) is 8.56. The van der Waals surface area contributed by atoms with E-state index in [0.29, 0.717) is 6.04 Å². The van der Waals surface area contributed by atoms with E-state index in [2.05, 4.69) is 17.6 Å². The predicted octanol–water partition coefficient (Wildman–Crippen LogP) is 1.63. The maximum atomic E-state index is 11.9. The van der Waals surface area contributed by atoms with Crippen molar-refractivity contribution in [2.45, 2.75) is 44.8 Å². The Morgan fingerprint density at radius 1 is 1.44 bits per heavy atom. The zero-order valence-corrected chi connectivity index (χ0v) is 11.6. The van der Waals surface area contributed by atoms with Gasteiger partial charge in [0.1, 0.15) is 6.04 Å². The summed E-state index contributed by atoms with van der Waals surface area (Å²) in [4.78, 5) is 11.9. The number of carbonyl (C=O) groups excluding carboxylic acids is 1. The summed E-state index contributed by atoms with van der Waals surface area (Å²) >= 11 is 5.97. The Balaban J connectivity index is 1.89. The van der Waals surface area contributed by atoms with Crippen LogP contribution < -0.4 is 10.6 Å². The average Bonchev–Trinajstić information content (AvgIpc) is 3.12.